The first kappa shape index (κ1) is 15.1. The van der Waals surface area contributed by atoms with Gasteiger partial charge in [-0.1, -0.05) is 6.92 Å². The molecule has 1 saturated heterocycles. The number of hydrogen-bond donors (Lipinski definition) is 2. The van der Waals surface area contributed by atoms with Gasteiger partial charge in [0.2, 0.25) is 21.8 Å². The number of imide groups is 1. The van der Waals surface area contributed by atoms with E-state index < -0.39 is 16.1 Å². The minimum atomic E-state index is -3.29. The van der Waals surface area contributed by atoms with E-state index in [0.717, 1.165) is 6.42 Å². The van der Waals surface area contributed by atoms with Gasteiger partial charge in [-0.05, 0) is 13.5 Å². The summed E-state index contributed by atoms with van der Waals surface area (Å²) >= 11 is 0. The van der Waals surface area contributed by atoms with Crippen LogP contribution in [0.15, 0.2) is 0 Å². The fourth-order valence-corrected chi connectivity index (χ4v) is 2.36. The van der Waals surface area contributed by atoms with Crippen molar-refractivity contribution in [2.24, 2.45) is 0 Å². The number of likely N-dealkylation sites (tertiary alicyclic amines) is 1. The SMILES string of the molecule is CCCN1C(=O)CC(NCCS(=O)(=O)NC)C1=O. The molecular formula is C10H19N3O4S. The van der Waals surface area contributed by atoms with E-state index in [1.54, 1.807) is 0 Å². The fourth-order valence-electron chi connectivity index (χ4n) is 1.77. The van der Waals surface area contributed by atoms with E-state index in [0.29, 0.717) is 6.54 Å². The molecule has 2 amide bonds. The van der Waals surface area contributed by atoms with Crippen LogP contribution in [0.5, 0.6) is 0 Å². The van der Waals surface area contributed by atoms with Gasteiger partial charge in [-0.15, -0.1) is 0 Å². The summed E-state index contributed by atoms with van der Waals surface area (Å²) in [6.45, 7) is 2.46. The lowest BCUT2D eigenvalue weighted by Crippen LogP contribution is -2.41. The topological polar surface area (TPSA) is 95.6 Å². The Morgan fingerprint density at radius 1 is 1.39 bits per heavy atom. The molecule has 0 aromatic rings. The van der Waals surface area contributed by atoms with Crippen molar-refractivity contribution in [3.8, 4) is 0 Å². The molecule has 0 bridgehead atoms. The summed E-state index contributed by atoms with van der Waals surface area (Å²) in [4.78, 5) is 24.6. The van der Waals surface area contributed by atoms with Crippen LogP contribution in [0.4, 0.5) is 0 Å². The number of carbonyl (C=O) groups is 2. The van der Waals surface area contributed by atoms with Crippen LogP contribution in [0.3, 0.4) is 0 Å². The van der Waals surface area contributed by atoms with E-state index in [4.69, 9.17) is 0 Å². The van der Waals surface area contributed by atoms with Crippen LogP contribution < -0.4 is 10.0 Å². The summed E-state index contributed by atoms with van der Waals surface area (Å²) in [6, 6.07) is -0.587. The molecule has 104 valence electrons. The monoisotopic (exact) mass is 277 g/mol. The first-order valence-corrected chi connectivity index (χ1v) is 7.55. The molecule has 0 aromatic heterocycles. The quantitative estimate of drug-likeness (QED) is 0.562. The molecule has 0 radical (unpaired) electrons. The van der Waals surface area contributed by atoms with Crippen LogP contribution in [0, 0.1) is 0 Å². The zero-order valence-electron chi connectivity index (χ0n) is 10.6. The van der Waals surface area contributed by atoms with E-state index in [2.05, 4.69) is 10.0 Å². The first-order chi connectivity index (χ1) is 8.41. The van der Waals surface area contributed by atoms with E-state index in [-0.39, 0.29) is 30.5 Å². The summed E-state index contributed by atoms with van der Waals surface area (Å²) in [5.74, 6) is -0.575. The first-order valence-electron chi connectivity index (χ1n) is 5.90. The van der Waals surface area contributed by atoms with Gasteiger partial charge in [-0.25, -0.2) is 13.1 Å². The van der Waals surface area contributed by atoms with Crippen molar-refractivity contribution < 1.29 is 18.0 Å². The molecule has 0 saturated carbocycles. The number of carbonyl (C=O) groups excluding carboxylic acids is 2. The van der Waals surface area contributed by atoms with Crippen LogP contribution >= 0.6 is 0 Å². The van der Waals surface area contributed by atoms with Crippen LogP contribution in [-0.4, -0.2) is 57.1 Å². The van der Waals surface area contributed by atoms with Crippen molar-refractivity contribution in [2.75, 3.05) is 25.9 Å². The third-order valence-corrected chi connectivity index (χ3v) is 4.13. The molecule has 0 aromatic carbocycles. The zero-order valence-corrected chi connectivity index (χ0v) is 11.4. The molecule has 1 heterocycles. The maximum atomic E-state index is 11.8. The molecule has 1 unspecified atom stereocenters. The second-order valence-corrected chi connectivity index (χ2v) is 6.16. The predicted molar refractivity (Wildman–Crippen MR) is 66.3 cm³/mol. The zero-order chi connectivity index (χ0) is 13.8. The number of amides is 2. The maximum absolute atomic E-state index is 11.8. The Morgan fingerprint density at radius 3 is 2.61 bits per heavy atom. The largest absolute Gasteiger partial charge is 0.304 e. The van der Waals surface area contributed by atoms with Crippen molar-refractivity contribution in [2.45, 2.75) is 25.8 Å². The number of hydrogen-bond acceptors (Lipinski definition) is 5. The highest BCUT2D eigenvalue weighted by atomic mass is 32.2. The minimum absolute atomic E-state index is 0.110. The molecule has 1 atom stereocenters. The Bertz CT molecular complexity index is 421. The third kappa shape index (κ3) is 3.76. The van der Waals surface area contributed by atoms with Crippen molar-refractivity contribution in [1.82, 2.24) is 14.9 Å². The Morgan fingerprint density at radius 2 is 2.06 bits per heavy atom. The normalized spacial score (nSPS) is 20.8. The molecular weight excluding hydrogens is 258 g/mol. The van der Waals surface area contributed by atoms with Gasteiger partial charge in [-0.2, -0.15) is 0 Å². The molecule has 1 fully saturated rings. The molecule has 1 aliphatic rings. The van der Waals surface area contributed by atoms with Gasteiger partial charge in [0.05, 0.1) is 18.2 Å². The Hall–Kier alpha value is -0.990. The lowest BCUT2D eigenvalue weighted by Gasteiger charge is -2.14. The average Bonchev–Trinajstić information content (AvgIpc) is 2.57. The van der Waals surface area contributed by atoms with Gasteiger partial charge in [-0.3, -0.25) is 14.5 Å². The third-order valence-electron chi connectivity index (χ3n) is 2.76. The fraction of sp³-hybridized carbons (Fsp3) is 0.800. The minimum Gasteiger partial charge on any atom is -0.304 e. The van der Waals surface area contributed by atoms with Gasteiger partial charge in [0.1, 0.15) is 0 Å². The Kier molecular flexibility index (Phi) is 5.24. The van der Waals surface area contributed by atoms with Crippen LogP contribution in [0.2, 0.25) is 0 Å². The van der Waals surface area contributed by atoms with E-state index in [1.807, 2.05) is 6.92 Å². The summed E-state index contributed by atoms with van der Waals surface area (Å²) < 4.78 is 24.5. The lowest BCUT2D eigenvalue weighted by molar-refractivity contribution is -0.138. The Balaban J connectivity index is 2.46. The molecule has 1 rings (SSSR count). The smallest absolute Gasteiger partial charge is 0.246 e. The van der Waals surface area contributed by atoms with Crippen LogP contribution in [0.1, 0.15) is 19.8 Å². The second-order valence-electron chi connectivity index (χ2n) is 4.12. The molecule has 1 aliphatic heterocycles. The van der Waals surface area contributed by atoms with Crippen molar-refractivity contribution in [1.29, 1.82) is 0 Å². The van der Waals surface area contributed by atoms with Gasteiger partial charge in [0, 0.05) is 13.1 Å². The maximum Gasteiger partial charge on any atom is 0.246 e. The molecule has 2 N–H and O–H groups in total. The summed E-state index contributed by atoms with van der Waals surface area (Å²) in [7, 11) is -1.95. The summed E-state index contributed by atoms with van der Waals surface area (Å²) in [5.41, 5.74) is 0. The van der Waals surface area contributed by atoms with Gasteiger partial charge in [0.25, 0.3) is 0 Å². The van der Waals surface area contributed by atoms with Crippen LogP contribution in [-0.2, 0) is 19.6 Å². The molecule has 0 spiro atoms. The highest BCUT2D eigenvalue weighted by molar-refractivity contribution is 7.89. The molecule has 7 nitrogen and oxygen atoms in total. The van der Waals surface area contributed by atoms with Crippen molar-refractivity contribution in [3.63, 3.8) is 0 Å². The van der Waals surface area contributed by atoms with Gasteiger partial charge in [0.15, 0.2) is 0 Å². The van der Waals surface area contributed by atoms with Crippen LogP contribution in [0.25, 0.3) is 0 Å². The standard InChI is InChI=1S/C10H19N3O4S/c1-3-5-13-9(14)7-8(10(13)15)12-4-6-18(16,17)11-2/h8,11-12H,3-7H2,1-2H3. The number of nitrogens with one attached hydrogen (secondary N) is 2. The Labute approximate surface area is 107 Å². The van der Waals surface area contributed by atoms with Gasteiger partial charge < -0.3 is 5.32 Å². The number of sulfonamides is 1. The lowest BCUT2D eigenvalue weighted by atomic mass is 10.2. The average molecular weight is 277 g/mol. The highest BCUT2D eigenvalue weighted by Crippen LogP contribution is 2.13. The van der Waals surface area contributed by atoms with E-state index in [1.165, 1.54) is 11.9 Å². The van der Waals surface area contributed by atoms with Gasteiger partial charge >= 0.3 is 0 Å². The van der Waals surface area contributed by atoms with Crippen molar-refractivity contribution in [3.05, 3.63) is 0 Å². The molecule has 0 aliphatic carbocycles. The van der Waals surface area contributed by atoms with Crippen molar-refractivity contribution >= 4 is 21.8 Å². The molecule has 18 heavy (non-hydrogen) atoms. The van der Waals surface area contributed by atoms with E-state index in [9.17, 15) is 18.0 Å². The predicted octanol–water partition coefficient (Wildman–Crippen LogP) is -1.34. The number of rotatable bonds is 7. The second kappa shape index (κ2) is 6.26. The molecule has 8 heteroatoms. The highest BCUT2D eigenvalue weighted by Gasteiger charge is 2.37. The summed E-state index contributed by atoms with van der Waals surface area (Å²) in [6.07, 6.45) is 0.830. The van der Waals surface area contributed by atoms with E-state index >= 15 is 0 Å². The summed E-state index contributed by atoms with van der Waals surface area (Å²) in [5, 5.41) is 2.81. The number of nitrogens with zero attached hydrogens (tertiary/aromatic N) is 1.